The number of halogens is 2. The summed E-state index contributed by atoms with van der Waals surface area (Å²) in [6.07, 6.45) is 0. The SMILES string of the molecule is O=C(Nc1cccc(-c2nc3ccccc3[nH]2)c1)c1ccc(F)cc1F. The number of nitrogens with one attached hydrogen (secondary N) is 2. The van der Waals surface area contributed by atoms with Crippen molar-refractivity contribution in [1.82, 2.24) is 9.97 Å². The summed E-state index contributed by atoms with van der Waals surface area (Å²) >= 11 is 0. The fourth-order valence-electron chi connectivity index (χ4n) is 2.71. The molecule has 0 saturated heterocycles. The van der Waals surface area contributed by atoms with E-state index in [1.54, 1.807) is 18.2 Å². The monoisotopic (exact) mass is 349 g/mol. The average Bonchev–Trinajstić information content (AvgIpc) is 3.06. The molecule has 6 heteroatoms. The summed E-state index contributed by atoms with van der Waals surface area (Å²) in [5, 5.41) is 2.62. The Balaban J connectivity index is 1.62. The normalized spacial score (nSPS) is 10.8. The lowest BCUT2D eigenvalue weighted by Crippen LogP contribution is -2.13. The second-order valence-electron chi connectivity index (χ2n) is 5.76. The van der Waals surface area contributed by atoms with Crippen molar-refractivity contribution >= 4 is 22.6 Å². The Morgan fingerprint density at radius 3 is 2.62 bits per heavy atom. The summed E-state index contributed by atoms with van der Waals surface area (Å²) in [5.41, 5.74) is 2.78. The van der Waals surface area contributed by atoms with Crippen LogP contribution in [0.4, 0.5) is 14.5 Å². The maximum Gasteiger partial charge on any atom is 0.258 e. The van der Waals surface area contributed by atoms with Crippen LogP contribution in [-0.4, -0.2) is 15.9 Å². The van der Waals surface area contributed by atoms with Gasteiger partial charge in [-0.25, -0.2) is 13.8 Å². The van der Waals surface area contributed by atoms with E-state index in [1.807, 2.05) is 30.3 Å². The number of hydrogen-bond donors (Lipinski definition) is 2. The number of carbonyl (C=O) groups is 1. The van der Waals surface area contributed by atoms with Crippen molar-refractivity contribution in [2.24, 2.45) is 0 Å². The zero-order valence-corrected chi connectivity index (χ0v) is 13.5. The van der Waals surface area contributed by atoms with Crippen LogP contribution in [0.1, 0.15) is 10.4 Å². The van der Waals surface area contributed by atoms with Crippen LogP contribution < -0.4 is 5.32 Å². The predicted molar refractivity (Wildman–Crippen MR) is 95.8 cm³/mol. The van der Waals surface area contributed by atoms with Gasteiger partial charge in [-0.2, -0.15) is 0 Å². The predicted octanol–water partition coefficient (Wildman–Crippen LogP) is 4.76. The molecule has 0 unspecified atom stereocenters. The number of anilines is 1. The summed E-state index contributed by atoms with van der Waals surface area (Å²) in [6.45, 7) is 0. The van der Waals surface area contributed by atoms with Gasteiger partial charge in [0.25, 0.3) is 5.91 Å². The summed E-state index contributed by atoms with van der Waals surface area (Å²) in [6, 6.07) is 17.5. The highest BCUT2D eigenvalue weighted by Crippen LogP contribution is 2.23. The van der Waals surface area contributed by atoms with Crippen LogP contribution in [0.25, 0.3) is 22.4 Å². The molecule has 0 fully saturated rings. The van der Waals surface area contributed by atoms with Gasteiger partial charge in [-0.3, -0.25) is 4.79 Å². The van der Waals surface area contributed by atoms with Crippen LogP contribution >= 0.6 is 0 Å². The van der Waals surface area contributed by atoms with E-state index >= 15 is 0 Å². The summed E-state index contributed by atoms with van der Waals surface area (Å²) < 4.78 is 26.7. The van der Waals surface area contributed by atoms with Gasteiger partial charge in [0.2, 0.25) is 0 Å². The first-order chi connectivity index (χ1) is 12.6. The molecule has 0 radical (unpaired) electrons. The van der Waals surface area contributed by atoms with E-state index in [-0.39, 0.29) is 5.56 Å². The fourth-order valence-corrected chi connectivity index (χ4v) is 2.71. The van der Waals surface area contributed by atoms with Gasteiger partial charge in [-0.15, -0.1) is 0 Å². The number of aromatic nitrogens is 2. The molecule has 4 aromatic rings. The molecular formula is C20H13F2N3O. The Labute approximate surface area is 147 Å². The molecule has 2 N–H and O–H groups in total. The van der Waals surface area contributed by atoms with Crippen LogP contribution in [0.2, 0.25) is 0 Å². The first kappa shape index (κ1) is 16.0. The van der Waals surface area contributed by atoms with E-state index in [9.17, 15) is 13.6 Å². The number of carbonyl (C=O) groups excluding carboxylic acids is 1. The quantitative estimate of drug-likeness (QED) is 0.560. The van der Waals surface area contributed by atoms with E-state index in [2.05, 4.69) is 15.3 Å². The lowest BCUT2D eigenvalue weighted by Gasteiger charge is -2.07. The van der Waals surface area contributed by atoms with Gasteiger partial charge in [0.15, 0.2) is 0 Å². The van der Waals surface area contributed by atoms with Gasteiger partial charge in [0.1, 0.15) is 17.5 Å². The van der Waals surface area contributed by atoms with Crippen molar-refractivity contribution in [2.75, 3.05) is 5.32 Å². The number of hydrogen-bond acceptors (Lipinski definition) is 2. The average molecular weight is 349 g/mol. The Kier molecular flexibility index (Phi) is 3.93. The number of nitrogens with zero attached hydrogens (tertiary/aromatic N) is 1. The van der Waals surface area contributed by atoms with Crippen LogP contribution in [-0.2, 0) is 0 Å². The van der Waals surface area contributed by atoms with E-state index in [1.165, 1.54) is 0 Å². The standard InChI is InChI=1S/C20H13F2N3O/c21-13-8-9-15(16(22)11-13)20(26)23-14-5-3-4-12(10-14)19-24-17-6-1-2-7-18(17)25-19/h1-11H,(H,23,26)(H,24,25). The molecular weight excluding hydrogens is 336 g/mol. The zero-order valence-electron chi connectivity index (χ0n) is 13.5. The minimum atomic E-state index is -0.907. The van der Waals surface area contributed by atoms with Crippen molar-refractivity contribution in [3.63, 3.8) is 0 Å². The molecule has 0 spiro atoms. The Morgan fingerprint density at radius 1 is 0.962 bits per heavy atom. The molecule has 0 aliphatic rings. The maximum absolute atomic E-state index is 13.8. The molecule has 4 rings (SSSR count). The van der Waals surface area contributed by atoms with Gasteiger partial charge >= 0.3 is 0 Å². The maximum atomic E-state index is 13.8. The van der Waals surface area contributed by atoms with E-state index in [0.29, 0.717) is 17.6 Å². The zero-order chi connectivity index (χ0) is 18.1. The first-order valence-electron chi connectivity index (χ1n) is 7.92. The smallest absolute Gasteiger partial charge is 0.258 e. The molecule has 0 aliphatic heterocycles. The Hall–Kier alpha value is -3.54. The highest BCUT2D eigenvalue weighted by atomic mass is 19.1. The van der Waals surface area contributed by atoms with Crippen molar-refractivity contribution < 1.29 is 13.6 Å². The highest BCUT2D eigenvalue weighted by molar-refractivity contribution is 6.04. The number of fused-ring (bicyclic) bond motifs is 1. The van der Waals surface area contributed by atoms with Gasteiger partial charge in [0, 0.05) is 17.3 Å². The molecule has 128 valence electrons. The van der Waals surface area contributed by atoms with Crippen LogP contribution in [0.3, 0.4) is 0 Å². The molecule has 4 nitrogen and oxygen atoms in total. The number of para-hydroxylation sites is 2. The second-order valence-corrected chi connectivity index (χ2v) is 5.76. The second kappa shape index (κ2) is 6.40. The largest absolute Gasteiger partial charge is 0.338 e. The molecule has 3 aromatic carbocycles. The molecule has 0 bridgehead atoms. The van der Waals surface area contributed by atoms with Crippen LogP contribution in [0, 0.1) is 11.6 Å². The fraction of sp³-hybridized carbons (Fsp3) is 0. The number of rotatable bonds is 3. The van der Waals surface area contributed by atoms with Crippen molar-refractivity contribution in [1.29, 1.82) is 0 Å². The van der Waals surface area contributed by atoms with Gasteiger partial charge in [-0.05, 0) is 36.4 Å². The van der Waals surface area contributed by atoms with Gasteiger partial charge in [0.05, 0.1) is 16.6 Å². The topological polar surface area (TPSA) is 57.8 Å². The Morgan fingerprint density at radius 2 is 1.81 bits per heavy atom. The number of amides is 1. The first-order valence-corrected chi connectivity index (χ1v) is 7.92. The minimum Gasteiger partial charge on any atom is -0.338 e. The molecule has 0 aliphatic carbocycles. The molecule has 1 amide bonds. The van der Waals surface area contributed by atoms with Crippen molar-refractivity contribution in [3.8, 4) is 11.4 Å². The van der Waals surface area contributed by atoms with E-state index in [4.69, 9.17) is 0 Å². The molecule has 0 atom stereocenters. The summed E-state index contributed by atoms with van der Waals surface area (Å²) in [7, 11) is 0. The molecule has 1 heterocycles. The molecule has 0 saturated carbocycles. The minimum absolute atomic E-state index is 0.222. The van der Waals surface area contributed by atoms with E-state index < -0.39 is 17.5 Å². The van der Waals surface area contributed by atoms with E-state index in [0.717, 1.165) is 28.7 Å². The highest BCUT2D eigenvalue weighted by Gasteiger charge is 2.13. The number of H-pyrrole nitrogens is 1. The summed E-state index contributed by atoms with van der Waals surface area (Å²) in [4.78, 5) is 20.0. The summed E-state index contributed by atoms with van der Waals surface area (Å²) in [5.74, 6) is -1.62. The van der Waals surface area contributed by atoms with Crippen molar-refractivity contribution in [2.45, 2.75) is 0 Å². The van der Waals surface area contributed by atoms with Crippen LogP contribution in [0.15, 0.2) is 66.7 Å². The number of aromatic amines is 1. The third-order valence-electron chi connectivity index (χ3n) is 3.96. The van der Waals surface area contributed by atoms with Crippen molar-refractivity contribution in [3.05, 3.63) is 83.9 Å². The number of imidazole rings is 1. The molecule has 26 heavy (non-hydrogen) atoms. The molecule has 1 aromatic heterocycles. The number of benzene rings is 3. The van der Waals surface area contributed by atoms with Gasteiger partial charge in [-0.1, -0.05) is 24.3 Å². The third-order valence-corrected chi connectivity index (χ3v) is 3.96. The van der Waals surface area contributed by atoms with Gasteiger partial charge < -0.3 is 10.3 Å². The third kappa shape index (κ3) is 3.04. The Bertz CT molecular complexity index is 1090. The lowest BCUT2D eigenvalue weighted by molar-refractivity contribution is 0.102. The van der Waals surface area contributed by atoms with Crippen LogP contribution in [0.5, 0.6) is 0 Å². The lowest BCUT2D eigenvalue weighted by atomic mass is 10.1.